The van der Waals surface area contributed by atoms with Crippen molar-refractivity contribution in [2.75, 3.05) is 24.6 Å². The average molecular weight is 300 g/mol. The molecule has 0 atom stereocenters. The Morgan fingerprint density at radius 1 is 1.53 bits per heavy atom. The van der Waals surface area contributed by atoms with Crippen LogP contribution in [-0.2, 0) is 0 Å². The van der Waals surface area contributed by atoms with Gasteiger partial charge < -0.3 is 15.7 Å². The number of aliphatic hydroxyl groups is 1. The molecule has 1 aromatic rings. The quantitative estimate of drug-likeness (QED) is 0.555. The Hall–Kier alpha value is -1.07. The molecule has 0 unspecified atom stereocenters. The molecule has 1 rings (SSSR count). The van der Waals surface area contributed by atoms with Gasteiger partial charge in [-0.05, 0) is 47.5 Å². The normalized spacial score (nSPS) is 10.3. The fourth-order valence-electron chi connectivity index (χ4n) is 1.64. The highest BCUT2D eigenvalue weighted by Gasteiger charge is 2.09. The number of aliphatic hydroxyl groups excluding tert-OH is 1. The summed E-state index contributed by atoms with van der Waals surface area (Å²) < 4.78 is 0.921. The Balaban J connectivity index is 2.92. The number of benzene rings is 1. The molecular weight excluding hydrogens is 282 g/mol. The van der Waals surface area contributed by atoms with Gasteiger partial charge in [0.2, 0.25) is 0 Å². The molecule has 0 amide bonds. The first-order valence-corrected chi connectivity index (χ1v) is 6.39. The summed E-state index contributed by atoms with van der Waals surface area (Å²) in [7, 11) is 0. The fraction of sp³-hybridized carbons (Fsp3) is 0.417. The Morgan fingerprint density at radius 2 is 2.24 bits per heavy atom. The smallest absolute Gasteiger partial charge is 0.122 e. The maximum Gasteiger partial charge on any atom is 0.122 e. The van der Waals surface area contributed by atoms with E-state index in [4.69, 9.17) is 16.2 Å². The Kier molecular flexibility index (Phi) is 5.44. The van der Waals surface area contributed by atoms with Crippen LogP contribution in [0.1, 0.15) is 18.9 Å². The van der Waals surface area contributed by atoms with Crippen LogP contribution in [0.3, 0.4) is 0 Å². The number of anilines is 1. The average Bonchev–Trinajstić information content (AvgIpc) is 2.31. The molecule has 0 heterocycles. The lowest BCUT2D eigenvalue weighted by molar-refractivity contribution is 0.289. The van der Waals surface area contributed by atoms with E-state index in [2.05, 4.69) is 27.8 Å². The topological polar surface area (TPSA) is 73.3 Å². The van der Waals surface area contributed by atoms with Crippen LogP contribution in [0, 0.1) is 5.41 Å². The van der Waals surface area contributed by atoms with Gasteiger partial charge in [0.1, 0.15) is 5.84 Å². The van der Waals surface area contributed by atoms with Crippen LogP contribution in [0.4, 0.5) is 5.69 Å². The number of nitrogen functional groups attached to an aromatic ring is 1. The molecule has 4 nitrogen and oxygen atoms in total. The predicted octanol–water partition coefficient (Wildman–Crippen LogP) is 1.94. The summed E-state index contributed by atoms with van der Waals surface area (Å²) in [4.78, 5) is 2.17. The fourth-order valence-corrected chi connectivity index (χ4v) is 2.27. The van der Waals surface area contributed by atoms with E-state index in [9.17, 15) is 0 Å². The van der Waals surface area contributed by atoms with E-state index in [1.165, 1.54) is 0 Å². The van der Waals surface area contributed by atoms with Gasteiger partial charge in [-0.25, -0.2) is 0 Å². The summed E-state index contributed by atoms with van der Waals surface area (Å²) in [5, 5.41) is 16.2. The van der Waals surface area contributed by atoms with Crippen LogP contribution in [0.5, 0.6) is 0 Å². The first-order chi connectivity index (χ1) is 8.10. The predicted molar refractivity (Wildman–Crippen MR) is 74.7 cm³/mol. The van der Waals surface area contributed by atoms with Gasteiger partial charge >= 0.3 is 0 Å². The van der Waals surface area contributed by atoms with Crippen molar-refractivity contribution >= 4 is 27.5 Å². The maximum absolute atomic E-state index is 8.86. The van der Waals surface area contributed by atoms with Crippen molar-refractivity contribution in [2.24, 2.45) is 5.73 Å². The molecule has 0 radical (unpaired) electrons. The third-order valence-corrected chi connectivity index (χ3v) is 3.20. The summed E-state index contributed by atoms with van der Waals surface area (Å²) in [5.41, 5.74) is 7.21. The number of nitrogens with zero attached hydrogens (tertiary/aromatic N) is 1. The lowest BCUT2D eigenvalue weighted by Gasteiger charge is -2.24. The van der Waals surface area contributed by atoms with Crippen LogP contribution in [0.15, 0.2) is 22.7 Å². The Labute approximate surface area is 110 Å². The van der Waals surface area contributed by atoms with E-state index in [-0.39, 0.29) is 12.4 Å². The molecule has 0 aliphatic carbocycles. The third-order valence-electron chi connectivity index (χ3n) is 2.57. The number of hydrogen-bond donors (Lipinski definition) is 3. The van der Waals surface area contributed by atoms with Gasteiger partial charge in [0.05, 0.1) is 5.69 Å². The minimum Gasteiger partial charge on any atom is -0.396 e. The molecule has 0 aliphatic heterocycles. The summed E-state index contributed by atoms with van der Waals surface area (Å²) in [6.45, 7) is 3.95. The number of rotatable bonds is 6. The molecule has 17 heavy (non-hydrogen) atoms. The van der Waals surface area contributed by atoms with Gasteiger partial charge in [-0.15, -0.1) is 0 Å². The summed E-state index contributed by atoms with van der Waals surface area (Å²) in [5.74, 6) is 0.0654. The zero-order valence-corrected chi connectivity index (χ0v) is 11.5. The maximum atomic E-state index is 8.86. The monoisotopic (exact) mass is 299 g/mol. The van der Waals surface area contributed by atoms with E-state index >= 15 is 0 Å². The van der Waals surface area contributed by atoms with Crippen LogP contribution < -0.4 is 10.6 Å². The van der Waals surface area contributed by atoms with Crippen molar-refractivity contribution < 1.29 is 5.11 Å². The van der Waals surface area contributed by atoms with Gasteiger partial charge in [-0.3, -0.25) is 5.41 Å². The minimum atomic E-state index is 0.0654. The van der Waals surface area contributed by atoms with Gasteiger partial charge in [0.25, 0.3) is 0 Å². The van der Waals surface area contributed by atoms with E-state index in [1.54, 1.807) is 0 Å². The van der Waals surface area contributed by atoms with Gasteiger partial charge in [0.15, 0.2) is 0 Å². The van der Waals surface area contributed by atoms with Crippen molar-refractivity contribution in [1.29, 1.82) is 5.41 Å². The SMILES string of the molecule is CCN(CCCO)c1ccc(C(=N)N)cc1Br. The summed E-state index contributed by atoms with van der Waals surface area (Å²) in [6, 6.07) is 5.63. The summed E-state index contributed by atoms with van der Waals surface area (Å²) in [6.07, 6.45) is 0.745. The number of hydrogen-bond acceptors (Lipinski definition) is 3. The first-order valence-electron chi connectivity index (χ1n) is 5.60. The number of amidine groups is 1. The lowest BCUT2D eigenvalue weighted by Crippen LogP contribution is -2.25. The van der Waals surface area contributed by atoms with Gasteiger partial charge in [-0.2, -0.15) is 0 Å². The highest BCUT2D eigenvalue weighted by Crippen LogP contribution is 2.27. The standard InChI is InChI=1S/C12H18BrN3O/c1-2-16(6-3-7-17)11-5-4-9(12(14)15)8-10(11)13/h4-5,8,17H,2-3,6-7H2,1H3,(H3,14,15). The number of nitrogens with two attached hydrogens (primary N) is 1. The largest absolute Gasteiger partial charge is 0.396 e. The zero-order valence-electron chi connectivity index (χ0n) is 9.91. The Bertz CT molecular complexity index is 395. The first kappa shape index (κ1) is 14.0. The van der Waals surface area contributed by atoms with Gasteiger partial charge in [-0.1, -0.05) is 0 Å². The van der Waals surface area contributed by atoms with Crippen molar-refractivity contribution in [3.8, 4) is 0 Å². The van der Waals surface area contributed by atoms with E-state index < -0.39 is 0 Å². The second kappa shape index (κ2) is 6.61. The molecule has 5 heteroatoms. The minimum absolute atomic E-state index is 0.0654. The van der Waals surface area contributed by atoms with E-state index in [0.717, 1.165) is 29.7 Å². The molecule has 0 spiro atoms. The Morgan fingerprint density at radius 3 is 2.71 bits per heavy atom. The van der Waals surface area contributed by atoms with Gasteiger partial charge in [0, 0.05) is 29.7 Å². The highest BCUT2D eigenvalue weighted by molar-refractivity contribution is 9.10. The van der Waals surface area contributed by atoms with E-state index in [1.807, 2.05) is 18.2 Å². The van der Waals surface area contributed by atoms with Crippen LogP contribution in [-0.4, -0.2) is 30.6 Å². The van der Waals surface area contributed by atoms with Crippen molar-refractivity contribution in [2.45, 2.75) is 13.3 Å². The molecular formula is C12H18BrN3O. The molecule has 0 aromatic heterocycles. The molecule has 1 aromatic carbocycles. The van der Waals surface area contributed by atoms with Crippen LogP contribution in [0.25, 0.3) is 0 Å². The van der Waals surface area contributed by atoms with Crippen LogP contribution >= 0.6 is 15.9 Å². The zero-order chi connectivity index (χ0) is 12.8. The molecule has 0 aliphatic rings. The summed E-state index contributed by atoms with van der Waals surface area (Å²) >= 11 is 3.49. The highest BCUT2D eigenvalue weighted by atomic mass is 79.9. The number of nitrogens with one attached hydrogen (secondary N) is 1. The molecule has 0 bridgehead atoms. The van der Waals surface area contributed by atoms with Crippen molar-refractivity contribution in [1.82, 2.24) is 0 Å². The van der Waals surface area contributed by atoms with Crippen LogP contribution in [0.2, 0.25) is 0 Å². The third kappa shape index (κ3) is 3.71. The molecule has 0 saturated heterocycles. The number of halogens is 1. The van der Waals surface area contributed by atoms with Crippen molar-refractivity contribution in [3.05, 3.63) is 28.2 Å². The lowest BCUT2D eigenvalue weighted by atomic mass is 10.1. The second-order valence-corrected chi connectivity index (χ2v) is 4.59. The van der Waals surface area contributed by atoms with E-state index in [0.29, 0.717) is 5.56 Å². The van der Waals surface area contributed by atoms with Crippen molar-refractivity contribution in [3.63, 3.8) is 0 Å². The molecule has 0 saturated carbocycles. The molecule has 4 N–H and O–H groups in total. The molecule has 0 fully saturated rings. The second-order valence-electron chi connectivity index (χ2n) is 3.74. The molecule has 94 valence electrons.